The lowest BCUT2D eigenvalue weighted by molar-refractivity contribution is -0.384. The van der Waals surface area contributed by atoms with Crippen LogP contribution in [0.1, 0.15) is 31.7 Å². The van der Waals surface area contributed by atoms with Gasteiger partial charge in [0.15, 0.2) is 0 Å². The van der Waals surface area contributed by atoms with Crippen LogP contribution in [0.15, 0.2) is 18.2 Å². The van der Waals surface area contributed by atoms with Crippen molar-refractivity contribution in [3.8, 4) is 11.8 Å². The van der Waals surface area contributed by atoms with Gasteiger partial charge in [-0.25, -0.2) is 0 Å². The molecule has 0 aliphatic rings. The molecule has 0 aliphatic carbocycles. The normalized spacial score (nSPS) is 13.2. The summed E-state index contributed by atoms with van der Waals surface area (Å²) in [5.74, 6) is 0.542. The number of nitriles is 1. The molecule has 0 spiro atoms. The Bertz CT molecular complexity index is 539. The minimum atomic E-state index is -0.512. The van der Waals surface area contributed by atoms with Crippen molar-refractivity contribution in [3.63, 3.8) is 0 Å². The fourth-order valence-corrected chi connectivity index (χ4v) is 1.86. The number of benzene rings is 1. The smallest absolute Gasteiger partial charge is 0.273 e. The number of ether oxygens (including phenoxy) is 1. The Morgan fingerprint density at radius 2 is 2.19 bits per heavy atom. The summed E-state index contributed by atoms with van der Waals surface area (Å²) in [5.41, 5.74) is 0.391. The lowest BCUT2D eigenvalue weighted by atomic mass is 9.97. The zero-order valence-electron chi connectivity index (χ0n) is 12.7. The van der Waals surface area contributed by atoms with Gasteiger partial charge in [-0.2, -0.15) is 5.26 Å². The van der Waals surface area contributed by atoms with Gasteiger partial charge in [-0.05, 0) is 51.8 Å². The van der Waals surface area contributed by atoms with Crippen LogP contribution in [0.4, 0.5) is 5.69 Å². The van der Waals surface area contributed by atoms with Crippen LogP contribution in [0, 0.1) is 28.4 Å². The molecule has 1 unspecified atom stereocenters. The summed E-state index contributed by atoms with van der Waals surface area (Å²) in [7, 11) is 1.77. The van der Waals surface area contributed by atoms with Crippen LogP contribution in [0.3, 0.4) is 0 Å². The molecule has 0 aromatic heterocycles. The molecule has 1 aromatic carbocycles. The molecule has 0 bridgehead atoms. The van der Waals surface area contributed by atoms with Crippen LogP contribution in [-0.2, 0) is 0 Å². The Balaban J connectivity index is 2.45. The summed E-state index contributed by atoms with van der Waals surface area (Å²) in [4.78, 5) is 10.3. The average Bonchev–Trinajstić information content (AvgIpc) is 2.48. The third kappa shape index (κ3) is 5.04. The number of hydrogen-bond acceptors (Lipinski definition) is 5. The molecule has 0 saturated heterocycles. The fraction of sp³-hybridized carbons (Fsp3) is 0.533. The molecule has 0 amide bonds. The van der Waals surface area contributed by atoms with E-state index in [0.29, 0.717) is 12.4 Å². The van der Waals surface area contributed by atoms with Crippen LogP contribution >= 0.6 is 0 Å². The first-order valence-corrected chi connectivity index (χ1v) is 6.90. The minimum absolute atomic E-state index is 0.0304. The van der Waals surface area contributed by atoms with E-state index in [1.165, 1.54) is 12.1 Å². The Morgan fingerprint density at radius 3 is 2.76 bits per heavy atom. The molecule has 1 atom stereocenters. The zero-order chi connectivity index (χ0) is 15.9. The van der Waals surface area contributed by atoms with E-state index in [-0.39, 0.29) is 5.69 Å². The molecular weight excluding hydrogens is 270 g/mol. The Labute approximate surface area is 124 Å². The number of aryl methyl sites for hydroxylation is 1. The third-order valence-corrected chi connectivity index (χ3v) is 3.51. The molecule has 0 fully saturated rings. The van der Waals surface area contributed by atoms with Gasteiger partial charge < -0.3 is 10.1 Å². The monoisotopic (exact) mass is 291 g/mol. The first-order valence-electron chi connectivity index (χ1n) is 6.90. The first kappa shape index (κ1) is 16.9. The predicted octanol–water partition coefficient (Wildman–Crippen LogP) is 2.95. The summed E-state index contributed by atoms with van der Waals surface area (Å²) in [6.07, 6.45) is 2.37. The van der Waals surface area contributed by atoms with E-state index >= 15 is 0 Å². The maximum Gasteiger partial charge on any atom is 0.273 e. The van der Waals surface area contributed by atoms with Gasteiger partial charge in [0.05, 0.1) is 23.7 Å². The third-order valence-electron chi connectivity index (χ3n) is 3.51. The van der Waals surface area contributed by atoms with E-state index in [4.69, 9.17) is 10.00 Å². The highest BCUT2D eigenvalue weighted by Gasteiger charge is 2.19. The molecule has 0 heterocycles. The fourth-order valence-electron chi connectivity index (χ4n) is 1.86. The van der Waals surface area contributed by atoms with Crippen LogP contribution in [0.25, 0.3) is 0 Å². The highest BCUT2D eigenvalue weighted by molar-refractivity contribution is 5.43. The number of non-ortho nitro benzene ring substituents is 1. The van der Waals surface area contributed by atoms with E-state index in [2.05, 4.69) is 11.4 Å². The van der Waals surface area contributed by atoms with Gasteiger partial charge in [-0.3, -0.25) is 10.1 Å². The average molecular weight is 291 g/mol. The number of nitro benzene ring substituents is 1. The molecule has 114 valence electrons. The largest absolute Gasteiger partial charge is 0.493 e. The Morgan fingerprint density at radius 1 is 1.48 bits per heavy atom. The van der Waals surface area contributed by atoms with Crippen molar-refractivity contribution in [2.45, 2.75) is 38.6 Å². The van der Waals surface area contributed by atoms with E-state index < -0.39 is 10.5 Å². The lowest BCUT2D eigenvalue weighted by Gasteiger charge is -2.20. The number of hydrogen-bond donors (Lipinski definition) is 1. The highest BCUT2D eigenvalue weighted by Crippen LogP contribution is 2.24. The van der Waals surface area contributed by atoms with Gasteiger partial charge >= 0.3 is 0 Å². The van der Waals surface area contributed by atoms with Crippen LogP contribution in [-0.4, -0.2) is 24.1 Å². The van der Waals surface area contributed by atoms with Crippen molar-refractivity contribution in [3.05, 3.63) is 33.9 Å². The number of nitrogens with zero attached hydrogens (tertiary/aromatic N) is 2. The molecule has 1 N–H and O–H groups in total. The van der Waals surface area contributed by atoms with E-state index in [1.54, 1.807) is 13.1 Å². The van der Waals surface area contributed by atoms with Gasteiger partial charge in [-0.15, -0.1) is 0 Å². The van der Waals surface area contributed by atoms with E-state index in [1.807, 2.05) is 13.8 Å². The van der Waals surface area contributed by atoms with Crippen molar-refractivity contribution in [1.29, 1.82) is 5.26 Å². The summed E-state index contributed by atoms with van der Waals surface area (Å²) < 4.78 is 5.60. The minimum Gasteiger partial charge on any atom is -0.493 e. The van der Waals surface area contributed by atoms with Crippen LogP contribution < -0.4 is 10.1 Å². The molecular formula is C15H21N3O3. The van der Waals surface area contributed by atoms with Gasteiger partial charge in [0, 0.05) is 6.07 Å². The molecule has 1 rings (SSSR count). The number of nitro groups is 1. The quantitative estimate of drug-likeness (QED) is 0.452. The topological polar surface area (TPSA) is 88.2 Å². The second-order valence-corrected chi connectivity index (χ2v) is 5.21. The summed E-state index contributed by atoms with van der Waals surface area (Å²) >= 11 is 0. The lowest BCUT2D eigenvalue weighted by Crippen LogP contribution is -2.37. The zero-order valence-corrected chi connectivity index (χ0v) is 12.7. The van der Waals surface area contributed by atoms with Crippen molar-refractivity contribution in [2.24, 2.45) is 0 Å². The van der Waals surface area contributed by atoms with Crippen molar-refractivity contribution < 1.29 is 9.66 Å². The van der Waals surface area contributed by atoms with Gasteiger partial charge in [0.2, 0.25) is 0 Å². The summed E-state index contributed by atoms with van der Waals surface area (Å²) in [5, 5.41) is 22.7. The van der Waals surface area contributed by atoms with Gasteiger partial charge in [0.1, 0.15) is 11.3 Å². The van der Waals surface area contributed by atoms with Gasteiger partial charge in [-0.1, -0.05) is 0 Å². The maximum atomic E-state index is 10.7. The predicted molar refractivity (Wildman–Crippen MR) is 80.3 cm³/mol. The number of unbranched alkanes of at least 4 members (excludes halogenated alkanes) is 1. The van der Waals surface area contributed by atoms with E-state index in [0.717, 1.165) is 24.8 Å². The second-order valence-electron chi connectivity index (χ2n) is 5.21. The van der Waals surface area contributed by atoms with Crippen molar-refractivity contribution in [2.75, 3.05) is 13.7 Å². The molecule has 0 saturated carbocycles. The molecule has 0 radical (unpaired) electrons. The first-order chi connectivity index (χ1) is 9.91. The van der Waals surface area contributed by atoms with Crippen molar-refractivity contribution >= 4 is 5.69 Å². The molecule has 21 heavy (non-hydrogen) atoms. The SMILES string of the molecule is CNC(C)(C#N)CCCCOc1cc([N+](=O)[O-])ccc1C. The Hall–Kier alpha value is -2.13. The van der Waals surface area contributed by atoms with Gasteiger partial charge in [0.25, 0.3) is 5.69 Å². The molecule has 0 aliphatic heterocycles. The van der Waals surface area contributed by atoms with Crippen LogP contribution in [0.5, 0.6) is 5.75 Å². The van der Waals surface area contributed by atoms with Crippen molar-refractivity contribution in [1.82, 2.24) is 5.32 Å². The standard InChI is InChI=1S/C15H21N3O3/c1-12-6-7-13(18(19)20)10-14(12)21-9-5-4-8-15(2,11-16)17-3/h6-7,10,17H,4-5,8-9H2,1-3H3. The summed E-state index contributed by atoms with van der Waals surface area (Å²) in [6.45, 7) is 4.19. The maximum absolute atomic E-state index is 10.7. The second kappa shape index (κ2) is 7.60. The van der Waals surface area contributed by atoms with E-state index in [9.17, 15) is 10.1 Å². The number of nitrogens with one attached hydrogen (secondary N) is 1. The highest BCUT2D eigenvalue weighted by atomic mass is 16.6. The Kier molecular flexibility index (Phi) is 6.12. The summed E-state index contributed by atoms with van der Waals surface area (Å²) in [6, 6.07) is 6.83. The van der Waals surface area contributed by atoms with Crippen LogP contribution in [0.2, 0.25) is 0 Å². The molecule has 1 aromatic rings. The molecule has 6 nitrogen and oxygen atoms in total. The number of rotatable bonds is 8. The molecule has 6 heteroatoms.